The summed E-state index contributed by atoms with van der Waals surface area (Å²) in [5.41, 5.74) is 0.908. The summed E-state index contributed by atoms with van der Waals surface area (Å²) in [6.07, 6.45) is -0.0939. The van der Waals surface area contributed by atoms with Crippen LogP contribution in [0.25, 0.3) is 0 Å². The highest BCUT2D eigenvalue weighted by Gasteiger charge is 2.38. The Balaban J connectivity index is 2.11. The van der Waals surface area contributed by atoms with Crippen molar-refractivity contribution in [3.05, 3.63) is 53.1 Å². The number of benzene rings is 2. The molecular formula is C18H15NO6. The zero-order chi connectivity index (χ0) is 18.1. The number of ether oxygens (including phenoxy) is 2. The number of phenolic OH excluding ortho intramolecular Hbond substituents is 1. The van der Waals surface area contributed by atoms with Gasteiger partial charge < -0.3 is 14.6 Å². The topological polar surface area (TPSA) is 93.1 Å². The third kappa shape index (κ3) is 2.69. The van der Waals surface area contributed by atoms with E-state index in [1.807, 2.05) is 0 Å². The standard InChI is InChI=1S/C18H15NO6/c1-24-14-8-10(9-15(20)25-2)7-13(16(14)21)19-17(22)11-5-3-4-6-12(11)18(19)23/h3-8,21H,9H2,1-2H3. The molecule has 0 aromatic heterocycles. The molecule has 0 saturated carbocycles. The number of anilines is 1. The van der Waals surface area contributed by atoms with E-state index in [0.29, 0.717) is 5.56 Å². The Morgan fingerprint density at radius 3 is 2.20 bits per heavy atom. The van der Waals surface area contributed by atoms with E-state index in [1.165, 1.54) is 26.4 Å². The van der Waals surface area contributed by atoms with Crippen molar-refractivity contribution >= 4 is 23.5 Å². The molecule has 0 radical (unpaired) electrons. The third-order valence-electron chi connectivity index (χ3n) is 3.95. The molecule has 2 aromatic carbocycles. The van der Waals surface area contributed by atoms with Gasteiger partial charge in [-0.1, -0.05) is 12.1 Å². The minimum absolute atomic E-state index is 0.0375. The second-order valence-electron chi connectivity index (χ2n) is 5.41. The molecule has 1 aliphatic rings. The number of esters is 1. The molecule has 2 aromatic rings. The van der Waals surface area contributed by atoms with Gasteiger partial charge in [0, 0.05) is 0 Å². The molecule has 0 fully saturated rings. The van der Waals surface area contributed by atoms with Crippen molar-refractivity contribution in [2.45, 2.75) is 6.42 Å². The van der Waals surface area contributed by atoms with Crippen molar-refractivity contribution < 1.29 is 29.0 Å². The van der Waals surface area contributed by atoms with Crippen LogP contribution in [0.3, 0.4) is 0 Å². The molecule has 1 aliphatic heterocycles. The van der Waals surface area contributed by atoms with Crippen LogP contribution < -0.4 is 9.64 Å². The van der Waals surface area contributed by atoms with Gasteiger partial charge in [-0.25, -0.2) is 4.90 Å². The Kier molecular flexibility index (Phi) is 4.14. The fourth-order valence-electron chi connectivity index (χ4n) is 2.72. The first-order chi connectivity index (χ1) is 12.0. The summed E-state index contributed by atoms with van der Waals surface area (Å²) in [5.74, 6) is -1.90. The number of rotatable bonds is 4. The lowest BCUT2D eigenvalue weighted by molar-refractivity contribution is -0.139. The van der Waals surface area contributed by atoms with Gasteiger partial charge in [-0.2, -0.15) is 0 Å². The maximum Gasteiger partial charge on any atom is 0.309 e. The van der Waals surface area contributed by atoms with Gasteiger partial charge in [0.15, 0.2) is 11.5 Å². The Bertz CT molecular complexity index is 854. The largest absolute Gasteiger partial charge is 0.503 e. The van der Waals surface area contributed by atoms with Crippen LogP contribution >= 0.6 is 0 Å². The molecule has 1 N–H and O–H groups in total. The number of fused-ring (bicyclic) bond motifs is 1. The third-order valence-corrected chi connectivity index (χ3v) is 3.95. The first-order valence-electron chi connectivity index (χ1n) is 7.42. The maximum atomic E-state index is 12.6. The van der Waals surface area contributed by atoms with Crippen molar-refractivity contribution in [3.8, 4) is 11.5 Å². The Labute approximate surface area is 143 Å². The summed E-state index contributed by atoms with van der Waals surface area (Å²) in [6.45, 7) is 0. The zero-order valence-electron chi connectivity index (χ0n) is 13.6. The van der Waals surface area contributed by atoms with Crippen LogP contribution in [0.15, 0.2) is 36.4 Å². The lowest BCUT2D eigenvalue weighted by Crippen LogP contribution is -2.29. The molecule has 7 heteroatoms. The van der Waals surface area contributed by atoms with Crippen molar-refractivity contribution in [2.75, 3.05) is 19.1 Å². The number of aromatic hydroxyl groups is 1. The van der Waals surface area contributed by atoms with E-state index in [2.05, 4.69) is 4.74 Å². The Morgan fingerprint density at radius 2 is 1.68 bits per heavy atom. The maximum absolute atomic E-state index is 12.6. The lowest BCUT2D eigenvalue weighted by Gasteiger charge is -2.18. The highest BCUT2D eigenvalue weighted by atomic mass is 16.5. The van der Waals surface area contributed by atoms with Crippen LogP contribution in [-0.2, 0) is 16.0 Å². The molecule has 0 unspecified atom stereocenters. The normalized spacial score (nSPS) is 13.0. The minimum Gasteiger partial charge on any atom is -0.503 e. The number of imide groups is 1. The first-order valence-corrected chi connectivity index (χ1v) is 7.42. The Hall–Kier alpha value is -3.35. The SMILES string of the molecule is COC(=O)Cc1cc(OC)c(O)c(N2C(=O)c3ccccc3C2=O)c1. The van der Waals surface area contributed by atoms with Gasteiger partial charge in [-0.05, 0) is 29.8 Å². The molecule has 2 amide bonds. The number of carbonyl (C=O) groups excluding carboxylic acids is 3. The van der Waals surface area contributed by atoms with Crippen molar-refractivity contribution in [2.24, 2.45) is 0 Å². The average molecular weight is 341 g/mol. The molecule has 0 atom stereocenters. The van der Waals surface area contributed by atoms with Gasteiger partial charge >= 0.3 is 5.97 Å². The smallest absolute Gasteiger partial charge is 0.309 e. The molecule has 0 aliphatic carbocycles. The van der Waals surface area contributed by atoms with Crippen LogP contribution in [0.4, 0.5) is 5.69 Å². The van der Waals surface area contributed by atoms with E-state index in [9.17, 15) is 19.5 Å². The molecule has 0 saturated heterocycles. The average Bonchev–Trinajstić information content (AvgIpc) is 2.87. The van der Waals surface area contributed by atoms with Crippen LogP contribution in [0.1, 0.15) is 26.3 Å². The van der Waals surface area contributed by atoms with Gasteiger partial charge in [0.05, 0.1) is 37.5 Å². The second-order valence-corrected chi connectivity index (χ2v) is 5.41. The molecule has 1 heterocycles. The van der Waals surface area contributed by atoms with E-state index >= 15 is 0 Å². The summed E-state index contributed by atoms with van der Waals surface area (Å²) >= 11 is 0. The van der Waals surface area contributed by atoms with E-state index in [0.717, 1.165) is 4.90 Å². The number of carbonyl (C=O) groups is 3. The van der Waals surface area contributed by atoms with E-state index in [-0.39, 0.29) is 34.7 Å². The summed E-state index contributed by atoms with van der Waals surface area (Å²) in [4.78, 5) is 37.6. The molecule has 3 rings (SSSR count). The summed E-state index contributed by atoms with van der Waals surface area (Å²) < 4.78 is 9.72. The molecule has 128 valence electrons. The van der Waals surface area contributed by atoms with Crippen LogP contribution in [0, 0.1) is 0 Å². The fourth-order valence-corrected chi connectivity index (χ4v) is 2.72. The number of hydrogen-bond donors (Lipinski definition) is 1. The molecular weight excluding hydrogens is 326 g/mol. The number of nitrogens with zero attached hydrogens (tertiary/aromatic N) is 1. The number of phenols is 1. The highest BCUT2D eigenvalue weighted by Crippen LogP contribution is 2.41. The van der Waals surface area contributed by atoms with Crippen LogP contribution in [-0.4, -0.2) is 37.1 Å². The number of methoxy groups -OCH3 is 2. The van der Waals surface area contributed by atoms with Crippen molar-refractivity contribution in [1.82, 2.24) is 0 Å². The van der Waals surface area contributed by atoms with Crippen LogP contribution in [0.2, 0.25) is 0 Å². The summed E-state index contributed by atoms with van der Waals surface area (Å²) in [7, 11) is 2.59. The van der Waals surface area contributed by atoms with Gasteiger partial charge in [0.25, 0.3) is 11.8 Å². The monoisotopic (exact) mass is 341 g/mol. The molecule has 25 heavy (non-hydrogen) atoms. The summed E-state index contributed by atoms with van der Waals surface area (Å²) in [5, 5.41) is 10.4. The molecule has 0 spiro atoms. The first kappa shape index (κ1) is 16.5. The molecule has 0 bridgehead atoms. The zero-order valence-corrected chi connectivity index (χ0v) is 13.6. The van der Waals surface area contributed by atoms with E-state index < -0.39 is 17.8 Å². The Morgan fingerprint density at radius 1 is 1.08 bits per heavy atom. The van der Waals surface area contributed by atoms with Crippen molar-refractivity contribution in [3.63, 3.8) is 0 Å². The van der Waals surface area contributed by atoms with E-state index in [1.54, 1.807) is 24.3 Å². The quantitative estimate of drug-likeness (QED) is 0.674. The number of hydrogen-bond acceptors (Lipinski definition) is 6. The van der Waals surface area contributed by atoms with Crippen molar-refractivity contribution in [1.29, 1.82) is 0 Å². The van der Waals surface area contributed by atoms with Gasteiger partial charge in [0.1, 0.15) is 0 Å². The minimum atomic E-state index is -0.548. The predicted octanol–water partition coefficient (Wildman–Crippen LogP) is 1.92. The lowest BCUT2D eigenvalue weighted by atomic mass is 10.1. The summed E-state index contributed by atoms with van der Waals surface area (Å²) in [6, 6.07) is 9.25. The van der Waals surface area contributed by atoms with Gasteiger partial charge in [0.2, 0.25) is 0 Å². The number of amides is 2. The van der Waals surface area contributed by atoms with E-state index in [4.69, 9.17) is 4.74 Å². The van der Waals surface area contributed by atoms with Crippen LogP contribution in [0.5, 0.6) is 11.5 Å². The second kappa shape index (κ2) is 6.27. The van der Waals surface area contributed by atoms with Gasteiger partial charge in [-0.15, -0.1) is 0 Å². The molecule has 7 nitrogen and oxygen atoms in total. The fraction of sp³-hybridized carbons (Fsp3) is 0.167. The predicted molar refractivity (Wildman–Crippen MR) is 88.0 cm³/mol. The highest BCUT2D eigenvalue weighted by molar-refractivity contribution is 6.34. The van der Waals surface area contributed by atoms with Gasteiger partial charge in [-0.3, -0.25) is 14.4 Å².